The fourth-order valence-electron chi connectivity index (χ4n) is 10.5. The SMILES string of the molecule is CC1(C)c2cc(/C=C/c3ccc(-c4ccc(N5c6ccccc6Sc6ccccc65)c5ccccc45)cc3)ccc2C2C=CC(N3c4ccccc4Cc4ccccc43)=CC21. The van der Waals surface area contributed by atoms with Crippen LogP contribution in [0.15, 0.2) is 210 Å². The first kappa shape index (κ1) is 36.1. The molecule has 8 aromatic carbocycles. The molecular weight excluding hydrogens is 757 g/mol. The highest BCUT2D eigenvalue weighted by molar-refractivity contribution is 7.99. The largest absolute Gasteiger partial charge is 0.310 e. The lowest BCUT2D eigenvalue weighted by Crippen LogP contribution is -2.29. The molecule has 4 aliphatic rings. The van der Waals surface area contributed by atoms with Gasteiger partial charge in [-0.05, 0) is 110 Å². The van der Waals surface area contributed by atoms with Crippen molar-refractivity contribution in [3.63, 3.8) is 0 Å². The molecule has 0 saturated carbocycles. The molecule has 2 aliphatic heterocycles. The van der Waals surface area contributed by atoms with Gasteiger partial charge in [-0.15, -0.1) is 0 Å². The van der Waals surface area contributed by atoms with Gasteiger partial charge in [-0.2, -0.15) is 0 Å². The summed E-state index contributed by atoms with van der Waals surface area (Å²) in [6, 6.07) is 64.9. The molecule has 0 amide bonds. The Labute approximate surface area is 362 Å². The summed E-state index contributed by atoms with van der Waals surface area (Å²) in [7, 11) is 0. The fraction of sp³-hybridized carbons (Fsp3) is 0.103. The molecule has 0 radical (unpaired) electrons. The minimum absolute atomic E-state index is 0.0195. The number of fused-ring (bicyclic) bond motifs is 8. The van der Waals surface area contributed by atoms with Crippen molar-refractivity contribution < 1.29 is 0 Å². The Morgan fingerprint density at radius 3 is 1.84 bits per heavy atom. The van der Waals surface area contributed by atoms with Gasteiger partial charge in [0.2, 0.25) is 0 Å². The van der Waals surface area contributed by atoms with E-state index in [4.69, 9.17) is 0 Å². The predicted octanol–water partition coefficient (Wildman–Crippen LogP) is 15.8. The van der Waals surface area contributed by atoms with Gasteiger partial charge < -0.3 is 9.80 Å². The predicted molar refractivity (Wildman–Crippen MR) is 258 cm³/mol. The number of para-hydroxylation sites is 4. The van der Waals surface area contributed by atoms with Gasteiger partial charge in [-0.1, -0.05) is 183 Å². The average Bonchev–Trinajstić information content (AvgIpc) is 3.53. The molecule has 2 aliphatic carbocycles. The molecule has 61 heavy (non-hydrogen) atoms. The Morgan fingerprint density at radius 2 is 1.13 bits per heavy atom. The zero-order valence-corrected chi connectivity index (χ0v) is 35.1. The van der Waals surface area contributed by atoms with Crippen LogP contribution in [0.3, 0.4) is 0 Å². The van der Waals surface area contributed by atoms with Gasteiger partial charge in [-0.25, -0.2) is 0 Å². The lowest BCUT2D eigenvalue weighted by molar-refractivity contribution is 0.392. The van der Waals surface area contributed by atoms with E-state index >= 15 is 0 Å². The second kappa shape index (κ2) is 14.1. The Kier molecular flexibility index (Phi) is 8.37. The maximum Gasteiger partial charge on any atom is 0.0601 e. The standard InChI is InChI=1S/C58H44N2S/c1-58(2)49-35-39(27-31-46(49)47-32-30-43(37-50(47)58)59-51-17-7-3-13-41(51)36-42-14-4-8-18-52(42)59)24-23-38-25-28-40(29-26-38)44-33-34-53(48-16-6-5-15-45(44)48)60-54-19-9-11-21-56(54)61-57-22-12-10-20-55(57)60/h3-35,37,47,50H,36H2,1-2H3/b24-23+. The third kappa shape index (κ3) is 5.86. The third-order valence-corrected chi connectivity index (χ3v) is 14.7. The molecule has 0 saturated heterocycles. The van der Waals surface area contributed by atoms with Crippen LogP contribution in [-0.4, -0.2) is 0 Å². The summed E-state index contributed by atoms with van der Waals surface area (Å²) >= 11 is 1.85. The van der Waals surface area contributed by atoms with E-state index in [9.17, 15) is 0 Å². The Hall–Kier alpha value is -6.81. The quantitative estimate of drug-likeness (QED) is 0.160. The molecule has 3 heteroatoms. The monoisotopic (exact) mass is 800 g/mol. The highest BCUT2D eigenvalue weighted by atomic mass is 32.2. The number of hydrogen-bond donors (Lipinski definition) is 0. The lowest BCUT2D eigenvalue weighted by Gasteiger charge is -2.38. The average molecular weight is 801 g/mol. The number of nitrogens with zero attached hydrogens (tertiary/aromatic N) is 2. The molecular formula is C58H44N2S. The van der Waals surface area contributed by atoms with E-state index in [1.54, 1.807) is 0 Å². The number of allylic oxidation sites excluding steroid dienone is 3. The van der Waals surface area contributed by atoms with E-state index < -0.39 is 0 Å². The van der Waals surface area contributed by atoms with Gasteiger partial charge in [-0.3, -0.25) is 0 Å². The first-order valence-electron chi connectivity index (χ1n) is 21.5. The van der Waals surface area contributed by atoms with Crippen LogP contribution in [0, 0.1) is 5.92 Å². The van der Waals surface area contributed by atoms with Crippen molar-refractivity contribution in [2.45, 2.75) is 41.4 Å². The molecule has 0 aromatic heterocycles. The van der Waals surface area contributed by atoms with Gasteiger partial charge in [0.05, 0.1) is 17.1 Å². The second-order valence-electron chi connectivity index (χ2n) is 17.3. The third-order valence-electron chi connectivity index (χ3n) is 13.5. The fourth-order valence-corrected chi connectivity index (χ4v) is 11.6. The minimum atomic E-state index is -0.0195. The molecule has 2 atom stereocenters. The van der Waals surface area contributed by atoms with Gasteiger partial charge >= 0.3 is 0 Å². The van der Waals surface area contributed by atoms with Gasteiger partial charge in [0.15, 0.2) is 0 Å². The van der Waals surface area contributed by atoms with Crippen LogP contribution in [-0.2, 0) is 11.8 Å². The van der Waals surface area contributed by atoms with Crippen LogP contribution < -0.4 is 9.80 Å². The molecule has 2 nitrogen and oxygen atoms in total. The summed E-state index contributed by atoms with van der Waals surface area (Å²) in [4.78, 5) is 7.47. The van der Waals surface area contributed by atoms with Crippen molar-refractivity contribution in [2.75, 3.05) is 9.80 Å². The van der Waals surface area contributed by atoms with Crippen molar-refractivity contribution in [2.24, 2.45) is 5.92 Å². The van der Waals surface area contributed by atoms with Gasteiger partial charge in [0.25, 0.3) is 0 Å². The summed E-state index contributed by atoms with van der Waals surface area (Å²) < 4.78 is 0. The number of anilines is 5. The smallest absolute Gasteiger partial charge is 0.0601 e. The number of rotatable bonds is 5. The molecule has 0 N–H and O–H groups in total. The van der Waals surface area contributed by atoms with E-state index in [1.807, 2.05) is 11.8 Å². The Morgan fingerprint density at radius 1 is 0.541 bits per heavy atom. The molecule has 2 unspecified atom stereocenters. The van der Waals surface area contributed by atoms with Crippen molar-refractivity contribution in [1.82, 2.24) is 0 Å². The molecule has 2 heterocycles. The van der Waals surface area contributed by atoms with Crippen LogP contribution >= 0.6 is 11.8 Å². The molecule has 12 rings (SSSR count). The van der Waals surface area contributed by atoms with E-state index in [0.717, 1.165) is 6.42 Å². The topological polar surface area (TPSA) is 6.48 Å². The zero-order valence-electron chi connectivity index (χ0n) is 34.3. The normalized spacial score (nSPS) is 17.9. The summed E-state index contributed by atoms with van der Waals surface area (Å²) in [5.41, 5.74) is 18.0. The van der Waals surface area contributed by atoms with E-state index in [2.05, 4.69) is 230 Å². The Bertz CT molecular complexity index is 3060. The van der Waals surface area contributed by atoms with Crippen molar-refractivity contribution in [1.29, 1.82) is 0 Å². The summed E-state index contributed by atoms with van der Waals surface area (Å²) in [6.07, 6.45) is 12.9. The highest BCUT2D eigenvalue weighted by Crippen LogP contribution is 2.56. The van der Waals surface area contributed by atoms with Crippen LogP contribution in [0.1, 0.15) is 53.1 Å². The Balaban J connectivity index is 0.823. The van der Waals surface area contributed by atoms with Crippen molar-refractivity contribution in [3.05, 3.63) is 233 Å². The van der Waals surface area contributed by atoms with Crippen LogP contribution in [0.4, 0.5) is 28.4 Å². The van der Waals surface area contributed by atoms with Crippen LogP contribution in [0.5, 0.6) is 0 Å². The van der Waals surface area contributed by atoms with Crippen molar-refractivity contribution >= 4 is 63.1 Å². The van der Waals surface area contributed by atoms with E-state index in [0.29, 0.717) is 11.8 Å². The molecule has 8 aromatic rings. The van der Waals surface area contributed by atoms with E-state index in [1.165, 1.54) is 99.2 Å². The number of benzene rings is 8. The summed E-state index contributed by atoms with van der Waals surface area (Å²) in [5.74, 6) is 0.733. The molecule has 0 spiro atoms. The van der Waals surface area contributed by atoms with Crippen LogP contribution in [0.25, 0.3) is 34.1 Å². The first-order valence-corrected chi connectivity index (χ1v) is 22.3. The molecule has 0 bridgehead atoms. The lowest BCUT2D eigenvalue weighted by atomic mass is 9.73. The van der Waals surface area contributed by atoms with Gasteiger partial charge in [0, 0.05) is 44.6 Å². The molecule has 0 fully saturated rings. The minimum Gasteiger partial charge on any atom is -0.310 e. The maximum atomic E-state index is 2.56. The summed E-state index contributed by atoms with van der Waals surface area (Å²) in [6.45, 7) is 4.88. The van der Waals surface area contributed by atoms with Crippen LogP contribution in [0.2, 0.25) is 0 Å². The first-order chi connectivity index (χ1) is 30.0. The highest BCUT2D eigenvalue weighted by Gasteiger charge is 2.46. The summed E-state index contributed by atoms with van der Waals surface area (Å²) in [5, 5.41) is 2.49. The second-order valence-corrected chi connectivity index (χ2v) is 18.4. The zero-order chi connectivity index (χ0) is 40.7. The van der Waals surface area contributed by atoms with Gasteiger partial charge in [0.1, 0.15) is 0 Å². The number of hydrogen-bond acceptors (Lipinski definition) is 3. The van der Waals surface area contributed by atoms with Crippen molar-refractivity contribution in [3.8, 4) is 11.1 Å². The molecule has 292 valence electrons. The maximum absolute atomic E-state index is 2.56. The van der Waals surface area contributed by atoms with E-state index in [-0.39, 0.29) is 5.41 Å².